The standard InChI is InChI=1S/C10H10ClN3/c1-8-5-12-3-2-10(8)14-6-9(4-11)13-7-14/h2-3,5-7H,4H2,1H3. The summed E-state index contributed by atoms with van der Waals surface area (Å²) in [6.07, 6.45) is 7.29. The number of rotatable bonds is 2. The molecule has 0 amide bonds. The molecule has 4 heteroatoms. The first-order valence-electron chi connectivity index (χ1n) is 4.31. The SMILES string of the molecule is Cc1cnccc1-n1cnc(CCl)c1. The largest absolute Gasteiger partial charge is 0.306 e. The lowest BCUT2D eigenvalue weighted by Gasteiger charge is -2.04. The second-order valence-electron chi connectivity index (χ2n) is 3.07. The van der Waals surface area contributed by atoms with Crippen molar-refractivity contribution in [1.82, 2.24) is 14.5 Å². The van der Waals surface area contributed by atoms with E-state index in [1.54, 1.807) is 12.5 Å². The summed E-state index contributed by atoms with van der Waals surface area (Å²) < 4.78 is 1.95. The maximum Gasteiger partial charge on any atom is 0.0995 e. The molecule has 0 aliphatic rings. The zero-order valence-electron chi connectivity index (χ0n) is 7.81. The summed E-state index contributed by atoms with van der Waals surface area (Å²) in [6.45, 7) is 2.02. The van der Waals surface area contributed by atoms with Gasteiger partial charge in [0.05, 0.1) is 23.6 Å². The molecule has 3 nitrogen and oxygen atoms in total. The summed E-state index contributed by atoms with van der Waals surface area (Å²) in [5.74, 6) is 0.442. The maximum atomic E-state index is 5.68. The van der Waals surface area contributed by atoms with E-state index in [2.05, 4.69) is 9.97 Å². The number of imidazole rings is 1. The van der Waals surface area contributed by atoms with Gasteiger partial charge in [0, 0.05) is 18.6 Å². The zero-order valence-corrected chi connectivity index (χ0v) is 8.57. The number of halogens is 1. The molecule has 0 radical (unpaired) electrons. The van der Waals surface area contributed by atoms with E-state index in [1.165, 1.54) is 0 Å². The van der Waals surface area contributed by atoms with Crippen LogP contribution in [0, 0.1) is 6.92 Å². The lowest BCUT2D eigenvalue weighted by Crippen LogP contribution is -1.93. The predicted molar refractivity (Wildman–Crippen MR) is 55.7 cm³/mol. The summed E-state index contributed by atoms with van der Waals surface area (Å²) in [7, 11) is 0. The van der Waals surface area contributed by atoms with E-state index in [0.29, 0.717) is 5.88 Å². The van der Waals surface area contributed by atoms with Crippen molar-refractivity contribution in [2.24, 2.45) is 0 Å². The van der Waals surface area contributed by atoms with Crippen molar-refractivity contribution >= 4 is 11.6 Å². The molecular formula is C10H10ClN3. The Bertz CT molecular complexity index is 436. The molecule has 0 unspecified atom stereocenters. The molecule has 0 aliphatic carbocycles. The predicted octanol–water partition coefficient (Wildman–Crippen LogP) is 2.31. The van der Waals surface area contributed by atoms with E-state index >= 15 is 0 Å². The number of nitrogens with zero attached hydrogens (tertiary/aromatic N) is 3. The van der Waals surface area contributed by atoms with Gasteiger partial charge in [-0.05, 0) is 18.6 Å². The summed E-state index contributed by atoms with van der Waals surface area (Å²) in [5.41, 5.74) is 3.08. The van der Waals surface area contributed by atoms with Crippen LogP contribution < -0.4 is 0 Å². The van der Waals surface area contributed by atoms with Crippen LogP contribution in [0.2, 0.25) is 0 Å². The second-order valence-corrected chi connectivity index (χ2v) is 3.34. The number of alkyl halides is 1. The van der Waals surface area contributed by atoms with E-state index < -0.39 is 0 Å². The van der Waals surface area contributed by atoms with Crippen molar-refractivity contribution in [3.63, 3.8) is 0 Å². The van der Waals surface area contributed by atoms with Crippen LogP contribution in [0.15, 0.2) is 31.0 Å². The molecule has 0 saturated carbocycles. The van der Waals surface area contributed by atoms with Crippen LogP contribution in [0.4, 0.5) is 0 Å². The fraction of sp³-hybridized carbons (Fsp3) is 0.200. The van der Waals surface area contributed by atoms with E-state index in [0.717, 1.165) is 16.9 Å². The quantitative estimate of drug-likeness (QED) is 0.708. The Labute approximate surface area is 87.4 Å². The summed E-state index contributed by atoms with van der Waals surface area (Å²) >= 11 is 5.68. The Morgan fingerprint density at radius 2 is 2.36 bits per heavy atom. The normalized spacial score (nSPS) is 10.4. The molecule has 0 fully saturated rings. The van der Waals surface area contributed by atoms with E-state index in [1.807, 2.05) is 30.0 Å². The van der Waals surface area contributed by atoms with E-state index in [4.69, 9.17) is 11.6 Å². The smallest absolute Gasteiger partial charge is 0.0995 e. The molecule has 0 aliphatic heterocycles. The summed E-state index contributed by atoms with van der Waals surface area (Å²) in [5, 5.41) is 0. The van der Waals surface area contributed by atoms with E-state index in [9.17, 15) is 0 Å². The van der Waals surface area contributed by atoms with Crippen LogP contribution in [0.5, 0.6) is 0 Å². The second kappa shape index (κ2) is 3.80. The average molecular weight is 208 g/mol. The van der Waals surface area contributed by atoms with Gasteiger partial charge in [-0.15, -0.1) is 11.6 Å². The van der Waals surface area contributed by atoms with Crippen LogP contribution in [0.3, 0.4) is 0 Å². The number of pyridine rings is 1. The Morgan fingerprint density at radius 3 is 3.00 bits per heavy atom. The summed E-state index contributed by atoms with van der Waals surface area (Å²) in [6, 6.07) is 1.95. The fourth-order valence-corrected chi connectivity index (χ4v) is 1.46. The molecule has 72 valence electrons. The van der Waals surface area contributed by atoms with Crippen LogP contribution in [0.25, 0.3) is 5.69 Å². The number of hydrogen-bond acceptors (Lipinski definition) is 2. The molecule has 2 aromatic heterocycles. The average Bonchev–Trinajstić information content (AvgIpc) is 2.67. The van der Waals surface area contributed by atoms with Crippen LogP contribution in [-0.2, 0) is 5.88 Å². The number of aromatic nitrogens is 3. The molecule has 0 saturated heterocycles. The van der Waals surface area contributed by atoms with Gasteiger partial charge in [-0.25, -0.2) is 4.98 Å². The van der Waals surface area contributed by atoms with Crippen molar-refractivity contribution in [3.8, 4) is 5.69 Å². The van der Waals surface area contributed by atoms with Gasteiger partial charge >= 0.3 is 0 Å². The molecule has 2 rings (SSSR count). The van der Waals surface area contributed by atoms with Crippen molar-refractivity contribution in [2.75, 3.05) is 0 Å². The van der Waals surface area contributed by atoms with Crippen LogP contribution >= 0.6 is 11.6 Å². The molecule has 2 heterocycles. The topological polar surface area (TPSA) is 30.7 Å². The highest BCUT2D eigenvalue weighted by atomic mass is 35.5. The Hall–Kier alpha value is -1.35. The van der Waals surface area contributed by atoms with Crippen molar-refractivity contribution in [2.45, 2.75) is 12.8 Å². The minimum atomic E-state index is 0.442. The Kier molecular flexibility index (Phi) is 2.50. The lowest BCUT2D eigenvalue weighted by atomic mass is 10.2. The number of aryl methyl sites for hydroxylation is 1. The van der Waals surface area contributed by atoms with Crippen molar-refractivity contribution in [1.29, 1.82) is 0 Å². The molecule has 0 spiro atoms. The van der Waals surface area contributed by atoms with Gasteiger partial charge in [0.15, 0.2) is 0 Å². The van der Waals surface area contributed by atoms with Gasteiger partial charge in [0.25, 0.3) is 0 Å². The molecule has 2 aromatic rings. The third kappa shape index (κ3) is 1.63. The third-order valence-electron chi connectivity index (χ3n) is 2.04. The van der Waals surface area contributed by atoms with Crippen LogP contribution in [-0.4, -0.2) is 14.5 Å². The van der Waals surface area contributed by atoms with Gasteiger partial charge in [-0.1, -0.05) is 0 Å². The first kappa shape index (κ1) is 9.21. The molecule has 0 atom stereocenters. The van der Waals surface area contributed by atoms with Gasteiger partial charge in [0.2, 0.25) is 0 Å². The molecule has 0 N–H and O–H groups in total. The lowest BCUT2D eigenvalue weighted by molar-refractivity contribution is 1.03. The first-order chi connectivity index (χ1) is 6.81. The van der Waals surface area contributed by atoms with Crippen LogP contribution in [0.1, 0.15) is 11.3 Å². The highest BCUT2D eigenvalue weighted by molar-refractivity contribution is 6.16. The first-order valence-corrected chi connectivity index (χ1v) is 4.84. The minimum Gasteiger partial charge on any atom is -0.306 e. The fourth-order valence-electron chi connectivity index (χ4n) is 1.32. The minimum absolute atomic E-state index is 0.442. The molecular weight excluding hydrogens is 198 g/mol. The molecule has 0 aromatic carbocycles. The highest BCUT2D eigenvalue weighted by Crippen LogP contribution is 2.12. The van der Waals surface area contributed by atoms with Gasteiger partial charge < -0.3 is 4.57 Å². The van der Waals surface area contributed by atoms with Crippen molar-refractivity contribution in [3.05, 3.63) is 42.2 Å². The van der Waals surface area contributed by atoms with Gasteiger partial charge in [-0.2, -0.15) is 0 Å². The Balaban J connectivity index is 2.44. The molecule has 14 heavy (non-hydrogen) atoms. The van der Waals surface area contributed by atoms with Gasteiger partial charge in [0.1, 0.15) is 0 Å². The van der Waals surface area contributed by atoms with Gasteiger partial charge in [-0.3, -0.25) is 4.98 Å². The Morgan fingerprint density at radius 1 is 1.50 bits per heavy atom. The number of hydrogen-bond donors (Lipinski definition) is 0. The van der Waals surface area contributed by atoms with Crippen molar-refractivity contribution < 1.29 is 0 Å². The maximum absolute atomic E-state index is 5.68. The summed E-state index contributed by atoms with van der Waals surface area (Å²) in [4.78, 5) is 8.20. The van der Waals surface area contributed by atoms with E-state index in [-0.39, 0.29) is 0 Å². The third-order valence-corrected chi connectivity index (χ3v) is 2.32. The monoisotopic (exact) mass is 207 g/mol. The highest BCUT2D eigenvalue weighted by Gasteiger charge is 2.01. The zero-order chi connectivity index (χ0) is 9.97. The molecule has 0 bridgehead atoms.